The highest BCUT2D eigenvalue weighted by Crippen LogP contribution is 2.25. The van der Waals surface area contributed by atoms with Crippen molar-refractivity contribution >= 4 is 16.0 Å². The summed E-state index contributed by atoms with van der Waals surface area (Å²) in [7, 11) is -2.96. The van der Waals surface area contributed by atoms with Crippen molar-refractivity contribution in [3.63, 3.8) is 0 Å². The van der Waals surface area contributed by atoms with Gasteiger partial charge in [0.25, 0.3) is 0 Å². The topological polar surface area (TPSA) is 139 Å². The van der Waals surface area contributed by atoms with Crippen LogP contribution in [0.4, 0.5) is 0 Å². The van der Waals surface area contributed by atoms with E-state index < -0.39 is 16.0 Å². The van der Waals surface area contributed by atoms with Crippen molar-refractivity contribution in [2.24, 2.45) is 5.14 Å². The molecule has 2 N–H and O–H groups in total. The highest BCUT2D eigenvalue weighted by Gasteiger charge is 2.21. The predicted octanol–water partition coefficient (Wildman–Crippen LogP) is 0.948. The van der Waals surface area contributed by atoms with Crippen LogP contribution in [0, 0.1) is 0 Å². The molecule has 1 heterocycles. The lowest BCUT2D eigenvalue weighted by molar-refractivity contribution is 0.0459. The van der Waals surface area contributed by atoms with Crippen LogP contribution in [0.5, 0.6) is 0 Å². The molecule has 0 fully saturated rings. The van der Waals surface area contributed by atoms with Crippen molar-refractivity contribution in [2.45, 2.75) is 18.2 Å². The molecule has 146 valence electrons. The maximum absolute atomic E-state index is 11.9. The van der Waals surface area contributed by atoms with Gasteiger partial charge in [0.15, 0.2) is 6.73 Å². The average molecular weight is 403 g/mol. The summed E-state index contributed by atoms with van der Waals surface area (Å²) in [4.78, 5) is 12.5. The molecule has 0 spiro atoms. The van der Waals surface area contributed by atoms with Crippen LogP contribution in [0.1, 0.15) is 15.9 Å². The predicted molar refractivity (Wildman–Crippen MR) is 97.2 cm³/mol. The Labute approximate surface area is 160 Å². The fraction of sp³-hybridized carbons (Fsp3) is 0.176. The van der Waals surface area contributed by atoms with E-state index in [1.807, 2.05) is 30.3 Å². The molecule has 0 saturated heterocycles. The molecule has 0 saturated carbocycles. The van der Waals surface area contributed by atoms with Gasteiger partial charge < -0.3 is 9.47 Å². The summed E-state index contributed by atoms with van der Waals surface area (Å²) in [5.74, 6) is -0.661. The number of benzene rings is 2. The van der Waals surface area contributed by atoms with E-state index >= 15 is 0 Å². The smallest absolute Gasteiger partial charge is 0.337 e. The molecular formula is C17H17N5O5S. The monoisotopic (exact) mass is 403 g/mol. The van der Waals surface area contributed by atoms with E-state index in [1.165, 1.54) is 24.0 Å². The Bertz CT molecular complexity index is 1080. The SMILES string of the molecule is COC(=O)c1ccc(-c2nnn(COCc3ccccc3)n2)c(S(N)(=O)=O)c1. The van der Waals surface area contributed by atoms with E-state index in [1.54, 1.807) is 0 Å². The number of tetrazole rings is 1. The Morgan fingerprint density at radius 2 is 1.93 bits per heavy atom. The van der Waals surface area contributed by atoms with Gasteiger partial charge in [-0.25, -0.2) is 18.4 Å². The summed E-state index contributed by atoms with van der Waals surface area (Å²) in [6.07, 6.45) is 0. The first-order valence-corrected chi connectivity index (χ1v) is 9.58. The zero-order chi connectivity index (χ0) is 20.1. The van der Waals surface area contributed by atoms with Gasteiger partial charge in [0.05, 0.1) is 24.2 Å². The van der Waals surface area contributed by atoms with Crippen molar-refractivity contribution in [1.29, 1.82) is 0 Å². The fourth-order valence-electron chi connectivity index (χ4n) is 2.41. The van der Waals surface area contributed by atoms with Crippen LogP contribution in [0.15, 0.2) is 53.4 Å². The number of rotatable bonds is 7. The van der Waals surface area contributed by atoms with Crippen molar-refractivity contribution in [1.82, 2.24) is 20.2 Å². The van der Waals surface area contributed by atoms with Gasteiger partial charge in [-0.2, -0.15) is 0 Å². The Kier molecular flexibility index (Phi) is 5.78. The lowest BCUT2D eigenvalue weighted by Crippen LogP contribution is -2.15. The normalized spacial score (nSPS) is 11.4. The Hall–Kier alpha value is -3.15. The molecule has 0 amide bonds. The lowest BCUT2D eigenvalue weighted by Gasteiger charge is -2.07. The van der Waals surface area contributed by atoms with Gasteiger partial charge in [-0.1, -0.05) is 30.3 Å². The number of nitrogens with two attached hydrogens (primary N) is 1. The first-order valence-electron chi connectivity index (χ1n) is 8.03. The number of methoxy groups -OCH3 is 1. The van der Waals surface area contributed by atoms with Crippen LogP contribution in [0.25, 0.3) is 11.4 Å². The molecule has 28 heavy (non-hydrogen) atoms. The first-order chi connectivity index (χ1) is 13.4. The van der Waals surface area contributed by atoms with Gasteiger partial charge in [-0.3, -0.25) is 0 Å². The molecule has 0 unspecified atom stereocenters. The van der Waals surface area contributed by atoms with Crippen molar-refractivity contribution in [3.05, 3.63) is 59.7 Å². The largest absolute Gasteiger partial charge is 0.465 e. The van der Waals surface area contributed by atoms with E-state index in [4.69, 9.17) is 9.88 Å². The summed E-state index contributed by atoms with van der Waals surface area (Å²) in [6, 6.07) is 13.4. The summed E-state index contributed by atoms with van der Waals surface area (Å²) < 4.78 is 34.0. The van der Waals surface area contributed by atoms with Crippen LogP contribution in [0.2, 0.25) is 0 Å². The van der Waals surface area contributed by atoms with Crippen LogP contribution in [-0.4, -0.2) is 41.7 Å². The minimum absolute atomic E-state index is 0.0207. The van der Waals surface area contributed by atoms with Gasteiger partial charge in [0.2, 0.25) is 15.8 Å². The maximum atomic E-state index is 11.9. The Morgan fingerprint density at radius 1 is 1.18 bits per heavy atom. The molecule has 2 aromatic carbocycles. The van der Waals surface area contributed by atoms with Gasteiger partial charge in [0.1, 0.15) is 0 Å². The minimum atomic E-state index is -4.15. The highest BCUT2D eigenvalue weighted by molar-refractivity contribution is 7.89. The number of ether oxygens (including phenoxy) is 2. The number of carbonyl (C=O) groups is 1. The lowest BCUT2D eigenvalue weighted by atomic mass is 10.1. The standard InChI is InChI=1S/C17H17N5O5S/c1-26-17(23)13-7-8-14(15(9-13)28(18,24)25)16-19-21-22(20-16)11-27-10-12-5-3-2-4-6-12/h2-9H,10-11H2,1H3,(H2,18,24,25). The number of carbonyl (C=O) groups excluding carboxylic acids is 1. The molecular weight excluding hydrogens is 386 g/mol. The van der Waals surface area contributed by atoms with Gasteiger partial charge in [-0.05, 0) is 29.0 Å². The summed E-state index contributed by atoms with van der Waals surface area (Å²) >= 11 is 0. The molecule has 0 aliphatic heterocycles. The van der Waals surface area contributed by atoms with Crippen LogP contribution in [-0.2, 0) is 32.8 Å². The van der Waals surface area contributed by atoms with Crippen molar-refractivity contribution in [3.8, 4) is 11.4 Å². The third kappa shape index (κ3) is 4.57. The zero-order valence-electron chi connectivity index (χ0n) is 14.8. The molecule has 0 aliphatic rings. The van der Waals surface area contributed by atoms with Crippen molar-refractivity contribution < 1.29 is 22.7 Å². The van der Waals surface area contributed by atoms with Gasteiger partial charge in [-0.15, -0.1) is 15.0 Å². The Morgan fingerprint density at radius 3 is 2.61 bits per heavy atom. The summed E-state index contributed by atoms with van der Waals surface area (Å²) in [6.45, 7) is 0.376. The van der Waals surface area contributed by atoms with Crippen LogP contribution < -0.4 is 5.14 Å². The highest BCUT2D eigenvalue weighted by atomic mass is 32.2. The van der Waals surface area contributed by atoms with Crippen molar-refractivity contribution in [2.75, 3.05) is 7.11 Å². The third-order valence-electron chi connectivity index (χ3n) is 3.72. The minimum Gasteiger partial charge on any atom is -0.465 e. The number of primary sulfonamides is 1. The second-order valence-corrected chi connectivity index (χ2v) is 7.23. The number of hydrogen-bond donors (Lipinski definition) is 1. The number of hydrogen-bond acceptors (Lipinski definition) is 8. The number of esters is 1. The molecule has 0 radical (unpaired) electrons. The molecule has 1 aromatic heterocycles. The molecule has 0 atom stereocenters. The second-order valence-electron chi connectivity index (χ2n) is 5.70. The number of nitrogens with zero attached hydrogens (tertiary/aromatic N) is 4. The zero-order valence-corrected chi connectivity index (χ0v) is 15.7. The van der Waals surface area contributed by atoms with E-state index in [-0.39, 0.29) is 28.6 Å². The molecule has 0 aliphatic carbocycles. The number of sulfonamides is 1. The quantitative estimate of drug-likeness (QED) is 0.575. The second kappa shape index (κ2) is 8.25. The van der Waals surface area contributed by atoms with Gasteiger partial charge >= 0.3 is 5.97 Å². The molecule has 3 rings (SSSR count). The van der Waals surface area contributed by atoms with Crippen LogP contribution in [0.3, 0.4) is 0 Å². The fourth-order valence-corrected chi connectivity index (χ4v) is 3.17. The number of aromatic nitrogens is 4. The average Bonchev–Trinajstić information content (AvgIpc) is 3.16. The molecule has 10 nitrogen and oxygen atoms in total. The summed E-state index contributed by atoms with van der Waals surface area (Å²) in [5, 5.41) is 17.1. The first kappa shape index (κ1) is 19.6. The van der Waals surface area contributed by atoms with Gasteiger partial charge in [0, 0.05) is 5.56 Å². The Balaban J connectivity index is 1.81. The maximum Gasteiger partial charge on any atom is 0.337 e. The molecule has 0 bridgehead atoms. The molecule has 11 heteroatoms. The summed E-state index contributed by atoms with van der Waals surface area (Å²) in [5.41, 5.74) is 1.14. The van der Waals surface area contributed by atoms with E-state index in [0.29, 0.717) is 6.61 Å². The molecule has 3 aromatic rings. The van der Waals surface area contributed by atoms with E-state index in [2.05, 4.69) is 20.1 Å². The van der Waals surface area contributed by atoms with Crippen LogP contribution >= 0.6 is 0 Å². The third-order valence-corrected chi connectivity index (χ3v) is 4.67. The van der Waals surface area contributed by atoms with E-state index in [0.717, 1.165) is 11.6 Å². The van der Waals surface area contributed by atoms with E-state index in [9.17, 15) is 13.2 Å².